The second-order valence-corrected chi connectivity index (χ2v) is 7.95. The molecule has 3 aromatic rings. The van der Waals surface area contributed by atoms with E-state index >= 15 is 0 Å². The van der Waals surface area contributed by atoms with Crippen molar-refractivity contribution in [2.45, 2.75) is 51.9 Å². The summed E-state index contributed by atoms with van der Waals surface area (Å²) in [6, 6.07) is 8.29. The maximum Gasteiger partial charge on any atom is 0.268 e. The zero-order valence-corrected chi connectivity index (χ0v) is 17.5. The molecule has 4 rings (SSSR count). The first-order valence-electron chi connectivity index (χ1n) is 10.4. The fourth-order valence-corrected chi connectivity index (χ4v) is 4.30. The number of aryl methyl sites for hydroxylation is 1. The number of carbonyl (C=O) groups is 1. The zero-order valence-electron chi connectivity index (χ0n) is 17.5. The Balaban J connectivity index is 0.000000172. The molecule has 1 amide bonds. The van der Waals surface area contributed by atoms with Crippen molar-refractivity contribution in [2.24, 2.45) is 11.7 Å². The van der Waals surface area contributed by atoms with Crippen molar-refractivity contribution >= 4 is 16.8 Å². The molecule has 1 aliphatic rings. The van der Waals surface area contributed by atoms with E-state index in [0.717, 1.165) is 12.3 Å². The van der Waals surface area contributed by atoms with Gasteiger partial charge in [-0.25, -0.2) is 4.39 Å². The van der Waals surface area contributed by atoms with E-state index in [2.05, 4.69) is 23.8 Å². The normalized spacial score (nSPS) is 18.5. The quantitative estimate of drug-likeness (QED) is 0.657. The number of halogens is 1. The van der Waals surface area contributed by atoms with E-state index in [1.54, 1.807) is 18.2 Å². The number of aromatic amines is 1. The van der Waals surface area contributed by atoms with Crippen molar-refractivity contribution in [1.29, 1.82) is 0 Å². The third kappa shape index (κ3) is 4.93. The average molecular weight is 410 g/mol. The van der Waals surface area contributed by atoms with Gasteiger partial charge in [-0.3, -0.25) is 14.6 Å². The minimum absolute atomic E-state index is 0.00403. The van der Waals surface area contributed by atoms with Gasteiger partial charge in [-0.1, -0.05) is 32.8 Å². The molecule has 0 spiro atoms. The molecule has 3 N–H and O–H groups in total. The number of hydrogen-bond donors (Lipinski definition) is 2. The number of nitrogens with zero attached hydrogens (tertiary/aromatic N) is 1. The van der Waals surface area contributed by atoms with Gasteiger partial charge >= 0.3 is 0 Å². The fraction of sp³-hybridized carbons (Fsp3) is 0.375. The molecule has 0 radical (unpaired) electrons. The maximum atomic E-state index is 13.2. The first kappa shape index (κ1) is 21.7. The van der Waals surface area contributed by atoms with Crippen LogP contribution in [0.25, 0.3) is 10.9 Å². The number of carbonyl (C=O) groups excluding carboxylic acids is 1. The Morgan fingerprint density at radius 1 is 1.27 bits per heavy atom. The minimum atomic E-state index is -0.702. The molecule has 0 aliphatic heterocycles. The number of fused-ring (bicyclic) bond motifs is 1. The van der Waals surface area contributed by atoms with Gasteiger partial charge in [0.15, 0.2) is 5.43 Å². The SMILES string of the molecule is CCc1cc(F)ccc1C1CCCC(C)C1.NC(=O)c1nccc2[nH]ccc(=O)c12. The molecule has 6 heteroatoms. The fourth-order valence-electron chi connectivity index (χ4n) is 4.30. The van der Waals surface area contributed by atoms with Crippen molar-refractivity contribution in [3.05, 3.63) is 75.6 Å². The van der Waals surface area contributed by atoms with Gasteiger partial charge in [0.05, 0.1) is 10.9 Å². The van der Waals surface area contributed by atoms with Crippen LogP contribution in [0.4, 0.5) is 4.39 Å². The van der Waals surface area contributed by atoms with Crippen LogP contribution in [0.3, 0.4) is 0 Å². The molecular weight excluding hydrogens is 381 g/mol. The number of nitrogens with one attached hydrogen (secondary N) is 1. The second-order valence-electron chi connectivity index (χ2n) is 7.95. The third-order valence-corrected chi connectivity index (χ3v) is 5.77. The van der Waals surface area contributed by atoms with Crippen LogP contribution >= 0.6 is 0 Å². The molecule has 1 saturated carbocycles. The van der Waals surface area contributed by atoms with Crippen LogP contribution in [0.15, 0.2) is 47.5 Å². The van der Waals surface area contributed by atoms with Gasteiger partial charge in [0.1, 0.15) is 11.5 Å². The standard InChI is InChI=1S/C15H21F.C9H7N3O2/c1-3-12-10-14(16)7-8-15(12)13-6-4-5-11(2)9-13;10-9(14)8-7-5(1-3-12-8)11-4-2-6(7)13/h7-8,10-11,13H,3-6,9H2,1-2H3;1-4H,(H2,10,14)(H,11,13). The number of aromatic nitrogens is 2. The van der Waals surface area contributed by atoms with Crippen molar-refractivity contribution in [3.8, 4) is 0 Å². The zero-order chi connectivity index (χ0) is 21.7. The molecule has 2 heterocycles. The molecule has 1 aliphatic carbocycles. The molecule has 0 saturated heterocycles. The van der Waals surface area contributed by atoms with E-state index in [1.165, 1.54) is 55.3 Å². The Morgan fingerprint density at radius 3 is 2.77 bits per heavy atom. The summed E-state index contributed by atoms with van der Waals surface area (Å²) in [5.41, 5.74) is 8.00. The number of pyridine rings is 2. The lowest BCUT2D eigenvalue weighted by atomic mass is 9.77. The van der Waals surface area contributed by atoms with Crippen molar-refractivity contribution in [1.82, 2.24) is 9.97 Å². The van der Waals surface area contributed by atoms with Crippen LogP contribution in [-0.2, 0) is 6.42 Å². The molecular formula is C24H28FN3O2. The van der Waals surface area contributed by atoms with E-state index in [9.17, 15) is 14.0 Å². The van der Waals surface area contributed by atoms with Crippen molar-refractivity contribution < 1.29 is 9.18 Å². The first-order chi connectivity index (χ1) is 14.4. The van der Waals surface area contributed by atoms with E-state index in [4.69, 9.17) is 5.73 Å². The maximum absolute atomic E-state index is 13.2. The number of H-pyrrole nitrogens is 1. The Kier molecular flexibility index (Phi) is 6.98. The first-order valence-corrected chi connectivity index (χ1v) is 10.4. The summed E-state index contributed by atoms with van der Waals surface area (Å²) in [4.78, 5) is 29.0. The number of rotatable bonds is 3. The molecule has 0 bridgehead atoms. The molecule has 2 atom stereocenters. The molecule has 1 aromatic carbocycles. The largest absolute Gasteiger partial charge is 0.364 e. The summed E-state index contributed by atoms with van der Waals surface area (Å²) in [7, 11) is 0. The van der Waals surface area contributed by atoms with E-state index in [1.807, 2.05) is 6.07 Å². The Labute approximate surface area is 175 Å². The summed E-state index contributed by atoms with van der Waals surface area (Å²) >= 11 is 0. The number of amides is 1. The van der Waals surface area contributed by atoms with E-state index in [0.29, 0.717) is 11.4 Å². The highest BCUT2D eigenvalue weighted by Gasteiger charge is 2.22. The van der Waals surface area contributed by atoms with Crippen LogP contribution in [0.2, 0.25) is 0 Å². The van der Waals surface area contributed by atoms with Crippen molar-refractivity contribution in [3.63, 3.8) is 0 Å². The van der Waals surface area contributed by atoms with Gasteiger partial charge in [0.25, 0.3) is 5.91 Å². The number of hydrogen-bond acceptors (Lipinski definition) is 3. The molecule has 2 unspecified atom stereocenters. The number of nitrogens with two attached hydrogens (primary N) is 1. The highest BCUT2D eigenvalue weighted by atomic mass is 19.1. The van der Waals surface area contributed by atoms with Crippen LogP contribution in [0.5, 0.6) is 0 Å². The van der Waals surface area contributed by atoms with Gasteiger partial charge in [-0.05, 0) is 60.4 Å². The summed E-state index contributed by atoms with van der Waals surface area (Å²) in [5, 5.41) is 0.238. The van der Waals surface area contributed by atoms with E-state index < -0.39 is 5.91 Å². The van der Waals surface area contributed by atoms with E-state index in [-0.39, 0.29) is 22.3 Å². The number of primary amides is 1. The topological polar surface area (TPSA) is 88.8 Å². The summed E-state index contributed by atoms with van der Waals surface area (Å²) < 4.78 is 13.2. The molecule has 158 valence electrons. The van der Waals surface area contributed by atoms with Gasteiger partial charge in [-0.2, -0.15) is 0 Å². The highest BCUT2D eigenvalue weighted by Crippen LogP contribution is 2.37. The van der Waals surface area contributed by atoms with Gasteiger partial charge in [0, 0.05) is 18.5 Å². The lowest BCUT2D eigenvalue weighted by Crippen LogP contribution is -2.17. The lowest BCUT2D eigenvalue weighted by Gasteiger charge is -2.28. The summed E-state index contributed by atoms with van der Waals surface area (Å²) in [6.45, 7) is 4.45. The predicted octanol–water partition coefficient (Wildman–Crippen LogP) is 4.70. The Morgan fingerprint density at radius 2 is 2.07 bits per heavy atom. The summed E-state index contributed by atoms with van der Waals surface area (Å²) in [5.74, 6) is 0.699. The molecule has 5 nitrogen and oxygen atoms in total. The van der Waals surface area contributed by atoms with Crippen LogP contribution in [0.1, 0.15) is 67.1 Å². The minimum Gasteiger partial charge on any atom is -0.364 e. The Bertz CT molecular complexity index is 1090. The monoisotopic (exact) mass is 409 g/mol. The van der Waals surface area contributed by atoms with Gasteiger partial charge in [0.2, 0.25) is 0 Å². The van der Waals surface area contributed by atoms with Crippen LogP contribution in [-0.4, -0.2) is 15.9 Å². The predicted molar refractivity (Wildman–Crippen MR) is 117 cm³/mol. The molecule has 2 aromatic heterocycles. The smallest absolute Gasteiger partial charge is 0.268 e. The number of benzene rings is 1. The molecule has 1 fully saturated rings. The lowest BCUT2D eigenvalue weighted by molar-refractivity contribution is 0.0997. The van der Waals surface area contributed by atoms with Gasteiger partial charge < -0.3 is 10.7 Å². The highest BCUT2D eigenvalue weighted by molar-refractivity contribution is 6.03. The molecule has 30 heavy (non-hydrogen) atoms. The van der Waals surface area contributed by atoms with Crippen LogP contribution < -0.4 is 11.2 Å². The van der Waals surface area contributed by atoms with Crippen molar-refractivity contribution in [2.75, 3.05) is 0 Å². The van der Waals surface area contributed by atoms with Crippen LogP contribution in [0, 0.1) is 11.7 Å². The Hall–Kier alpha value is -3.02. The third-order valence-electron chi connectivity index (χ3n) is 5.77. The average Bonchev–Trinajstić information content (AvgIpc) is 2.74. The summed E-state index contributed by atoms with van der Waals surface area (Å²) in [6.07, 6.45) is 9.12. The second kappa shape index (κ2) is 9.65. The van der Waals surface area contributed by atoms with Gasteiger partial charge in [-0.15, -0.1) is 0 Å².